The zero-order chi connectivity index (χ0) is 14.7. The molecule has 2 bridgehead atoms. The van der Waals surface area contributed by atoms with E-state index in [1.807, 2.05) is 0 Å². The Labute approximate surface area is 132 Å². The summed E-state index contributed by atoms with van der Waals surface area (Å²) in [5.74, 6) is 1.69. The summed E-state index contributed by atoms with van der Waals surface area (Å²) in [7, 11) is 0. The second-order valence-electron chi connectivity index (χ2n) is 7.78. The first kappa shape index (κ1) is 13.1. The van der Waals surface area contributed by atoms with Gasteiger partial charge >= 0.3 is 0 Å². The van der Waals surface area contributed by atoms with E-state index in [4.69, 9.17) is 0 Å². The summed E-state index contributed by atoms with van der Waals surface area (Å²) in [6, 6.07) is 6.93. The fourth-order valence-corrected chi connectivity index (χ4v) is 5.59. The van der Waals surface area contributed by atoms with E-state index >= 15 is 0 Å². The van der Waals surface area contributed by atoms with Gasteiger partial charge in [-0.3, -0.25) is 4.79 Å². The number of carbonyl (C=O) groups excluding carboxylic acids is 1. The molecular weight excluding hydrogens is 272 g/mol. The minimum atomic E-state index is 0.327. The molecule has 116 valence electrons. The number of hydrogen-bond acceptors (Lipinski definition) is 1. The lowest BCUT2D eigenvalue weighted by Gasteiger charge is -2.49. The van der Waals surface area contributed by atoms with Gasteiger partial charge in [0.25, 0.3) is 5.91 Å². The van der Waals surface area contributed by atoms with Crippen molar-refractivity contribution in [3.05, 3.63) is 34.9 Å². The molecule has 1 aromatic rings. The molecule has 0 unspecified atom stereocenters. The number of carbonyl (C=O) groups is 1. The molecule has 0 aromatic heterocycles. The molecule has 3 fully saturated rings. The summed E-state index contributed by atoms with van der Waals surface area (Å²) in [6.07, 6.45) is 6.36. The third kappa shape index (κ3) is 1.81. The van der Waals surface area contributed by atoms with Crippen molar-refractivity contribution >= 4 is 5.91 Å². The van der Waals surface area contributed by atoms with Crippen molar-refractivity contribution in [3.63, 3.8) is 0 Å². The molecule has 22 heavy (non-hydrogen) atoms. The van der Waals surface area contributed by atoms with Crippen LogP contribution in [-0.2, 0) is 6.42 Å². The van der Waals surface area contributed by atoms with Crippen molar-refractivity contribution < 1.29 is 9.69 Å². The molecule has 5 aliphatic rings. The summed E-state index contributed by atoms with van der Waals surface area (Å²) in [5, 5.41) is 0. The molecular formula is C19H25N2O+. The smallest absolute Gasteiger partial charge is 0.254 e. The van der Waals surface area contributed by atoms with Gasteiger partial charge in [0.2, 0.25) is 0 Å². The van der Waals surface area contributed by atoms with E-state index in [1.54, 1.807) is 4.90 Å². The number of hydrogen-bond donors (Lipinski definition) is 1. The fourth-order valence-electron chi connectivity index (χ4n) is 5.59. The number of amides is 1. The van der Waals surface area contributed by atoms with Crippen molar-refractivity contribution in [3.8, 4) is 0 Å². The van der Waals surface area contributed by atoms with Crippen LogP contribution in [0.2, 0.25) is 0 Å². The third-order valence-electron chi connectivity index (χ3n) is 6.69. The van der Waals surface area contributed by atoms with Crippen LogP contribution in [0.25, 0.3) is 0 Å². The Balaban J connectivity index is 1.53. The van der Waals surface area contributed by atoms with Crippen molar-refractivity contribution in [2.75, 3.05) is 26.2 Å². The number of nitrogens with one attached hydrogen (secondary N) is 1. The summed E-state index contributed by atoms with van der Waals surface area (Å²) < 4.78 is 0. The highest BCUT2D eigenvalue weighted by atomic mass is 16.2. The van der Waals surface area contributed by atoms with Gasteiger partial charge in [0.05, 0.1) is 25.7 Å². The SMILES string of the molecule is O=C1c2cccc3c2[C@H](CCC3)CN1[C@@H]1C[NH+]2CCC1CC2. The molecule has 4 aliphatic heterocycles. The quantitative estimate of drug-likeness (QED) is 0.829. The molecule has 1 amide bonds. The summed E-state index contributed by atoms with van der Waals surface area (Å²) in [6.45, 7) is 4.83. The average Bonchev–Trinajstić information content (AvgIpc) is 2.59. The minimum absolute atomic E-state index is 0.327. The lowest BCUT2D eigenvalue weighted by atomic mass is 9.75. The summed E-state index contributed by atoms with van der Waals surface area (Å²) >= 11 is 0. The monoisotopic (exact) mass is 297 g/mol. The lowest BCUT2D eigenvalue weighted by Crippen LogP contribution is -3.17. The second-order valence-corrected chi connectivity index (χ2v) is 7.78. The van der Waals surface area contributed by atoms with E-state index in [0.29, 0.717) is 17.9 Å². The maximum Gasteiger partial charge on any atom is 0.254 e. The van der Waals surface area contributed by atoms with E-state index in [-0.39, 0.29) is 0 Å². The van der Waals surface area contributed by atoms with Crippen molar-refractivity contribution in [2.24, 2.45) is 5.92 Å². The van der Waals surface area contributed by atoms with Crippen LogP contribution >= 0.6 is 0 Å². The van der Waals surface area contributed by atoms with Gasteiger partial charge in [-0.1, -0.05) is 12.1 Å². The number of nitrogens with zero attached hydrogens (tertiary/aromatic N) is 1. The van der Waals surface area contributed by atoms with Gasteiger partial charge in [-0.2, -0.15) is 0 Å². The first-order valence-electron chi connectivity index (χ1n) is 9.07. The molecule has 3 saturated heterocycles. The lowest BCUT2D eigenvalue weighted by molar-refractivity contribution is -0.918. The van der Waals surface area contributed by atoms with Crippen LogP contribution in [0, 0.1) is 5.92 Å². The number of rotatable bonds is 1. The fraction of sp³-hybridized carbons (Fsp3) is 0.632. The van der Waals surface area contributed by atoms with Crippen LogP contribution in [0.4, 0.5) is 0 Å². The standard InChI is InChI=1S/C19H24N2O/c22-19-16-6-2-4-14-3-1-5-15(18(14)16)11-21(19)17-12-20-9-7-13(17)8-10-20/h2,4,6,13,15,17H,1,3,5,7-12H2/p+1/t15-,17-/m1/s1. The second kappa shape index (κ2) is 4.82. The summed E-state index contributed by atoms with van der Waals surface area (Å²) in [4.78, 5) is 17.2. The predicted octanol–water partition coefficient (Wildman–Crippen LogP) is 1.24. The number of quaternary nitrogens is 1. The minimum Gasteiger partial charge on any atom is -0.333 e. The van der Waals surface area contributed by atoms with Crippen molar-refractivity contribution in [1.29, 1.82) is 0 Å². The molecule has 0 spiro atoms. The molecule has 3 nitrogen and oxygen atoms in total. The van der Waals surface area contributed by atoms with Crippen LogP contribution in [0.3, 0.4) is 0 Å². The van der Waals surface area contributed by atoms with Gasteiger partial charge in [0, 0.05) is 30.9 Å². The molecule has 2 atom stereocenters. The third-order valence-corrected chi connectivity index (χ3v) is 6.69. The van der Waals surface area contributed by atoms with Crippen LogP contribution in [-0.4, -0.2) is 43.0 Å². The largest absolute Gasteiger partial charge is 0.333 e. The Morgan fingerprint density at radius 1 is 1.14 bits per heavy atom. The molecule has 0 radical (unpaired) electrons. The van der Waals surface area contributed by atoms with Gasteiger partial charge in [-0.15, -0.1) is 0 Å². The van der Waals surface area contributed by atoms with Crippen LogP contribution in [0.5, 0.6) is 0 Å². The zero-order valence-electron chi connectivity index (χ0n) is 13.2. The van der Waals surface area contributed by atoms with E-state index in [0.717, 1.165) is 24.4 Å². The van der Waals surface area contributed by atoms with Gasteiger partial charge in [0.15, 0.2) is 0 Å². The van der Waals surface area contributed by atoms with Crippen molar-refractivity contribution in [1.82, 2.24) is 4.90 Å². The maximum absolute atomic E-state index is 13.1. The number of fused-ring (bicyclic) bond motifs is 3. The van der Waals surface area contributed by atoms with Crippen LogP contribution in [0.15, 0.2) is 18.2 Å². The number of piperidine rings is 3. The molecule has 4 heterocycles. The van der Waals surface area contributed by atoms with E-state index in [2.05, 4.69) is 23.1 Å². The Morgan fingerprint density at radius 3 is 2.77 bits per heavy atom. The molecule has 1 aliphatic carbocycles. The van der Waals surface area contributed by atoms with E-state index in [9.17, 15) is 4.79 Å². The van der Waals surface area contributed by atoms with Crippen LogP contribution in [0.1, 0.15) is 53.1 Å². The maximum atomic E-state index is 13.1. The molecule has 1 N–H and O–H groups in total. The first-order valence-corrected chi connectivity index (χ1v) is 9.07. The van der Waals surface area contributed by atoms with Gasteiger partial charge in [-0.05, 0) is 42.4 Å². The first-order chi connectivity index (χ1) is 10.8. The topological polar surface area (TPSA) is 24.8 Å². The van der Waals surface area contributed by atoms with Crippen LogP contribution < -0.4 is 4.90 Å². The molecule has 3 heteroatoms. The molecule has 1 aromatic carbocycles. The Morgan fingerprint density at radius 2 is 2.00 bits per heavy atom. The van der Waals surface area contributed by atoms with Gasteiger partial charge < -0.3 is 9.80 Å². The van der Waals surface area contributed by atoms with E-state index in [1.165, 1.54) is 56.4 Å². The van der Waals surface area contributed by atoms with Gasteiger partial charge in [-0.25, -0.2) is 0 Å². The Kier molecular flexibility index (Phi) is 2.88. The molecule has 0 saturated carbocycles. The zero-order valence-corrected chi connectivity index (χ0v) is 13.2. The highest BCUT2D eigenvalue weighted by Crippen LogP contribution is 2.40. The highest BCUT2D eigenvalue weighted by molar-refractivity contribution is 5.97. The van der Waals surface area contributed by atoms with Crippen molar-refractivity contribution in [2.45, 2.75) is 44.1 Å². The highest BCUT2D eigenvalue weighted by Gasteiger charge is 2.45. The number of benzene rings is 1. The number of aryl methyl sites for hydroxylation is 1. The summed E-state index contributed by atoms with van der Waals surface area (Å²) in [5.41, 5.74) is 3.88. The Hall–Kier alpha value is -1.35. The normalized spacial score (nSPS) is 36.4. The average molecular weight is 297 g/mol. The van der Waals surface area contributed by atoms with Gasteiger partial charge in [0.1, 0.15) is 0 Å². The Bertz CT molecular complexity index is 618. The van der Waals surface area contributed by atoms with E-state index < -0.39 is 0 Å². The predicted molar refractivity (Wildman–Crippen MR) is 85.2 cm³/mol. The molecule has 6 rings (SSSR count).